The van der Waals surface area contributed by atoms with Crippen LogP contribution in [0.1, 0.15) is 5.56 Å². The van der Waals surface area contributed by atoms with Gasteiger partial charge in [-0.25, -0.2) is 8.42 Å². The number of sulfonamides is 1. The monoisotopic (exact) mass is 305 g/mol. The Labute approximate surface area is 123 Å². The van der Waals surface area contributed by atoms with Crippen LogP contribution in [0, 0.1) is 6.92 Å². The van der Waals surface area contributed by atoms with Gasteiger partial charge in [-0.1, -0.05) is 30.3 Å². The molecule has 0 atom stereocenters. The number of hydrogen-bond acceptors (Lipinski definition) is 3. The van der Waals surface area contributed by atoms with Crippen molar-refractivity contribution in [1.29, 1.82) is 0 Å². The molecule has 0 saturated heterocycles. The van der Waals surface area contributed by atoms with Crippen molar-refractivity contribution in [3.8, 4) is 0 Å². The summed E-state index contributed by atoms with van der Waals surface area (Å²) in [6, 6.07) is 14.6. The van der Waals surface area contributed by atoms with Crippen LogP contribution < -0.4 is 4.31 Å². The van der Waals surface area contributed by atoms with Gasteiger partial charge >= 0.3 is 5.97 Å². The maximum Gasteiger partial charge on any atom is 0.324 e. The lowest BCUT2D eigenvalue weighted by Crippen LogP contribution is -2.35. The highest BCUT2D eigenvalue weighted by atomic mass is 32.2. The van der Waals surface area contributed by atoms with Crippen molar-refractivity contribution < 1.29 is 18.3 Å². The van der Waals surface area contributed by atoms with Crippen molar-refractivity contribution in [2.24, 2.45) is 0 Å². The second kappa shape index (κ2) is 5.97. The van der Waals surface area contributed by atoms with E-state index in [-0.39, 0.29) is 4.90 Å². The number of anilines is 1. The number of nitrogens with zero attached hydrogens (tertiary/aromatic N) is 1. The maximum absolute atomic E-state index is 12.7. The summed E-state index contributed by atoms with van der Waals surface area (Å²) in [4.78, 5) is 11.1. The lowest BCUT2D eigenvalue weighted by atomic mass is 10.2. The van der Waals surface area contributed by atoms with E-state index in [4.69, 9.17) is 5.11 Å². The highest BCUT2D eigenvalue weighted by molar-refractivity contribution is 7.92. The molecule has 0 radical (unpaired) electrons. The molecule has 6 heteroatoms. The molecule has 110 valence electrons. The van der Waals surface area contributed by atoms with Crippen LogP contribution in [0.5, 0.6) is 0 Å². The fourth-order valence-electron chi connectivity index (χ4n) is 1.94. The summed E-state index contributed by atoms with van der Waals surface area (Å²) in [5.41, 5.74) is 1.11. The summed E-state index contributed by atoms with van der Waals surface area (Å²) in [7, 11) is -3.92. The van der Waals surface area contributed by atoms with Crippen molar-refractivity contribution in [3.05, 3.63) is 60.2 Å². The van der Waals surface area contributed by atoms with Crippen LogP contribution in [-0.4, -0.2) is 26.0 Å². The number of para-hydroxylation sites is 1. The molecule has 0 heterocycles. The molecule has 0 fully saturated rings. The van der Waals surface area contributed by atoms with Crippen LogP contribution in [-0.2, 0) is 14.8 Å². The first-order valence-electron chi connectivity index (χ1n) is 6.27. The van der Waals surface area contributed by atoms with Gasteiger partial charge in [0, 0.05) is 0 Å². The van der Waals surface area contributed by atoms with E-state index in [1.165, 1.54) is 12.1 Å². The first-order valence-corrected chi connectivity index (χ1v) is 7.71. The molecular formula is C15H15NO4S. The smallest absolute Gasteiger partial charge is 0.324 e. The quantitative estimate of drug-likeness (QED) is 0.919. The van der Waals surface area contributed by atoms with Gasteiger partial charge in [-0.05, 0) is 36.8 Å². The number of aliphatic carboxylic acids is 1. The normalized spacial score (nSPS) is 11.1. The minimum Gasteiger partial charge on any atom is -0.480 e. The molecule has 21 heavy (non-hydrogen) atoms. The first-order chi connectivity index (χ1) is 9.91. The predicted molar refractivity (Wildman–Crippen MR) is 79.8 cm³/mol. The second-order valence-corrected chi connectivity index (χ2v) is 6.42. The van der Waals surface area contributed by atoms with Crippen LogP contribution in [0.2, 0.25) is 0 Å². The Bertz CT molecular complexity index is 741. The van der Waals surface area contributed by atoms with Gasteiger partial charge in [0.15, 0.2) is 0 Å². The Morgan fingerprint density at radius 2 is 1.76 bits per heavy atom. The third-order valence-electron chi connectivity index (χ3n) is 2.90. The number of aryl methyl sites for hydroxylation is 1. The fourth-order valence-corrected chi connectivity index (χ4v) is 3.45. The number of carboxylic acid groups (broad SMARTS) is 1. The molecule has 5 nitrogen and oxygen atoms in total. The number of rotatable bonds is 5. The molecule has 2 rings (SSSR count). The van der Waals surface area contributed by atoms with Gasteiger partial charge in [-0.15, -0.1) is 0 Å². The molecule has 0 bridgehead atoms. The van der Waals surface area contributed by atoms with E-state index in [0.29, 0.717) is 5.69 Å². The van der Waals surface area contributed by atoms with Gasteiger partial charge in [0.1, 0.15) is 6.54 Å². The zero-order chi connectivity index (χ0) is 15.5. The lowest BCUT2D eigenvalue weighted by molar-refractivity contribution is -0.135. The third kappa shape index (κ3) is 3.41. The zero-order valence-corrected chi connectivity index (χ0v) is 12.2. The number of carboxylic acids is 1. The summed E-state index contributed by atoms with van der Waals surface area (Å²) in [5, 5.41) is 9.00. The van der Waals surface area contributed by atoms with Crippen LogP contribution in [0.3, 0.4) is 0 Å². The SMILES string of the molecule is Cc1cccc(S(=O)(=O)N(CC(=O)O)c2ccccc2)c1. The highest BCUT2D eigenvalue weighted by Gasteiger charge is 2.26. The number of carbonyl (C=O) groups is 1. The summed E-state index contributed by atoms with van der Waals surface area (Å²) < 4.78 is 26.3. The summed E-state index contributed by atoms with van der Waals surface area (Å²) in [5.74, 6) is -1.21. The molecule has 2 aromatic carbocycles. The van der Waals surface area contributed by atoms with E-state index < -0.39 is 22.5 Å². The minimum absolute atomic E-state index is 0.0765. The van der Waals surface area contributed by atoms with Gasteiger partial charge in [-0.3, -0.25) is 9.10 Å². The van der Waals surface area contributed by atoms with Crippen molar-refractivity contribution in [2.45, 2.75) is 11.8 Å². The van der Waals surface area contributed by atoms with Gasteiger partial charge in [0.2, 0.25) is 0 Å². The van der Waals surface area contributed by atoms with E-state index in [1.54, 1.807) is 49.4 Å². The lowest BCUT2D eigenvalue weighted by Gasteiger charge is -2.22. The van der Waals surface area contributed by atoms with Crippen LogP contribution in [0.15, 0.2) is 59.5 Å². The summed E-state index contributed by atoms with van der Waals surface area (Å²) in [6.07, 6.45) is 0. The standard InChI is InChI=1S/C15H15NO4S/c1-12-6-5-9-14(10-12)21(19,20)16(11-15(17)18)13-7-3-2-4-8-13/h2-10H,11H2,1H3,(H,17,18). The molecular weight excluding hydrogens is 290 g/mol. The second-order valence-electron chi connectivity index (χ2n) is 4.56. The molecule has 0 spiro atoms. The fraction of sp³-hybridized carbons (Fsp3) is 0.133. The molecule has 0 amide bonds. The van der Waals surface area contributed by atoms with Crippen molar-refractivity contribution in [2.75, 3.05) is 10.8 Å². The minimum atomic E-state index is -3.92. The molecule has 0 aromatic heterocycles. The van der Waals surface area contributed by atoms with Crippen molar-refractivity contribution in [1.82, 2.24) is 0 Å². The van der Waals surface area contributed by atoms with E-state index in [2.05, 4.69) is 0 Å². The molecule has 0 unspecified atom stereocenters. The Morgan fingerprint density at radius 3 is 2.33 bits per heavy atom. The maximum atomic E-state index is 12.7. The molecule has 0 aliphatic heterocycles. The summed E-state index contributed by atoms with van der Waals surface area (Å²) >= 11 is 0. The Morgan fingerprint density at radius 1 is 1.10 bits per heavy atom. The third-order valence-corrected chi connectivity index (χ3v) is 4.67. The molecule has 0 aliphatic rings. The average Bonchev–Trinajstić information content (AvgIpc) is 2.45. The van der Waals surface area contributed by atoms with Crippen molar-refractivity contribution in [3.63, 3.8) is 0 Å². The number of benzene rings is 2. The van der Waals surface area contributed by atoms with E-state index in [0.717, 1.165) is 9.87 Å². The largest absolute Gasteiger partial charge is 0.480 e. The van der Waals surface area contributed by atoms with E-state index in [1.807, 2.05) is 0 Å². The molecule has 0 saturated carbocycles. The van der Waals surface area contributed by atoms with Crippen molar-refractivity contribution >= 4 is 21.7 Å². The van der Waals surface area contributed by atoms with Gasteiger partial charge in [0.25, 0.3) is 10.0 Å². The van der Waals surface area contributed by atoms with E-state index >= 15 is 0 Å². The predicted octanol–water partition coefficient (Wildman–Crippen LogP) is 2.27. The van der Waals surface area contributed by atoms with Gasteiger partial charge in [-0.2, -0.15) is 0 Å². The van der Waals surface area contributed by atoms with Gasteiger partial charge < -0.3 is 5.11 Å². The first kappa shape index (κ1) is 15.1. The van der Waals surface area contributed by atoms with E-state index in [9.17, 15) is 13.2 Å². The Balaban J connectivity index is 2.52. The van der Waals surface area contributed by atoms with Crippen LogP contribution in [0.4, 0.5) is 5.69 Å². The van der Waals surface area contributed by atoms with Gasteiger partial charge in [0.05, 0.1) is 10.6 Å². The zero-order valence-electron chi connectivity index (χ0n) is 11.4. The molecule has 2 aromatic rings. The van der Waals surface area contributed by atoms with Crippen LogP contribution in [0.25, 0.3) is 0 Å². The average molecular weight is 305 g/mol. The van der Waals surface area contributed by atoms with Crippen LogP contribution >= 0.6 is 0 Å². The Kier molecular flexibility index (Phi) is 4.28. The molecule has 1 N–H and O–H groups in total. The summed E-state index contributed by atoms with van der Waals surface area (Å²) in [6.45, 7) is 1.16. The Hall–Kier alpha value is -2.34. The number of hydrogen-bond donors (Lipinski definition) is 1. The molecule has 0 aliphatic carbocycles. The topological polar surface area (TPSA) is 74.7 Å². The highest BCUT2D eigenvalue weighted by Crippen LogP contribution is 2.23.